The summed E-state index contributed by atoms with van der Waals surface area (Å²) < 4.78 is 1.38. The van der Waals surface area contributed by atoms with E-state index in [1.165, 1.54) is 30.6 Å². The van der Waals surface area contributed by atoms with Crippen LogP contribution in [0.15, 0.2) is 36.8 Å². The van der Waals surface area contributed by atoms with Crippen LogP contribution in [0.3, 0.4) is 0 Å². The number of hydrogen-bond acceptors (Lipinski definition) is 4. The highest BCUT2D eigenvalue weighted by Gasteiger charge is 2.30. The van der Waals surface area contributed by atoms with E-state index in [0.29, 0.717) is 0 Å². The number of rotatable bonds is 2. The summed E-state index contributed by atoms with van der Waals surface area (Å²) in [5, 5.41) is 7.33. The van der Waals surface area contributed by atoms with E-state index in [0.717, 1.165) is 30.1 Å². The van der Waals surface area contributed by atoms with Crippen molar-refractivity contribution in [3.05, 3.63) is 36.8 Å². The van der Waals surface area contributed by atoms with Crippen molar-refractivity contribution >= 4 is 6.03 Å². The molecule has 1 atom stereocenters. The summed E-state index contributed by atoms with van der Waals surface area (Å²) in [7, 11) is 0. The Hall–Kier alpha value is -2.21. The quantitative estimate of drug-likeness (QED) is 0.921. The van der Waals surface area contributed by atoms with E-state index in [-0.39, 0.29) is 12.1 Å². The van der Waals surface area contributed by atoms with E-state index in [1.807, 2.05) is 18.2 Å². The van der Waals surface area contributed by atoms with Gasteiger partial charge in [-0.1, -0.05) is 6.07 Å². The molecule has 0 radical (unpaired) electrons. The van der Waals surface area contributed by atoms with Gasteiger partial charge >= 0.3 is 6.03 Å². The Kier molecular flexibility index (Phi) is 3.83. The van der Waals surface area contributed by atoms with Crippen LogP contribution >= 0.6 is 0 Å². The fraction of sp³-hybridized carbons (Fsp3) is 0.471. The molecular formula is C17H21N5O. The molecule has 3 aliphatic heterocycles. The lowest BCUT2D eigenvalue weighted by Crippen LogP contribution is -2.43. The maximum absolute atomic E-state index is 12.5. The van der Waals surface area contributed by atoms with Crippen LogP contribution in [0, 0.1) is 5.92 Å². The van der Waals surface area contributed by atoms with E-state index in [4.69, 9.17) is 0 Å². The van der Waals surface area contributed by atoms with E-state index in [1.54, 1.807) is 18.6 Å². The number of piperidine rings is 1. The summed E-state index contributed by atoms with van der Waals surface area (Å²) in [6.45, 7) is 3.29. The lowest BCUT2D eigenvalue weighted by Gasteiger charge is -2.26. The molecule has 0 aliphatic carbocycles. The summed E-state index contributed by atoms with van der Waals surface area (Å²) in [5.74, 6) is 0.751. The molecule has 3 saturated heterocycles. The predicted molar refractivity (Wildman–Crippen MR) is 87.0 cm³/mol. The third-order valence-corrected chi connectivity index (χ3v) is 4.88. The summed E-state index contributed by atoms with van der Waals surface area (Å²) in [6, 6.07) is 5.78. The highest BCUT2D eigenvalue weighted by molar-refractivity contribution is 5.77. The molecule has 1 amide bonds. The molecule has 5 rings (SSSR count). The van der Waals surface area contributed by atoms with Crippen LogP contribution in [-0.2, 0) is 0 Å². The van der Waals surface area contributed by atoms with Gasteiger partial charge in [-0.15, -0.1) is 0 Å². The Labute approximate surface area is 135 Å². The Morgan fingerprint density at radius 2 is 2.13 bits per heavy atom. The van der Waals surface area contributed by atoms with E-state index in [9.17, 15) is 4.79 Å². The smallest absolute Gasteiger partial charge is 0.332 e. The van der Waals surface area contributed by atoms with Crippen LogP contribution in [0.4, 0.5) is 4.79 Å². The number of nitrogens with one attached hydrogen (secondary N) is 1. The molecular weight excluding hydrogens is 290 g/mol. The fourth-order valence-corrected chi connectivity index (χ4v) is 3.64. The molecule has 3 aliphatic rings. The summed E-state index contributed by atoms with van der Waals surface area (Å²) >= 11 is 0. The third kappa shape index (κ3) is 3.12. The molecule has 2 aromatic heterocycles. The number of nitrogens with zero attached hydrogens (tertiary/aromatic N) is 4. The minimum Gasteiger partial charge on any atom is -0.332 e. The topological polar surface area (TPSA) is 63.1 Å². The van der Waals surface area contributed by atoms with E-state index >= 15 is 0 Å². The molecule has 23 heavy (non-hydrogen) atoms. The van der Waals surface area contributed by atoms with E-state index < -0.39 is 0 Å². The summed E-state index contributed by atoms with van der Waals surface area (Å²) in [4.78, 5) is 19.2. The van der Waals surface area contributed by atoms with Crippen molar-refractivity contribution in [2.75, 3.05) is 19.6 Å². The van der Waals surface area contributed by atoms with Crippen molar-refractivity contribution in [1.82, 2.24) is 25.0 Å². The molecule has 1 N–H and O–H groups in total. The molecule has 5 heterocycles. The van der Waals surface area contributed by atoms with Crippen molar-refractivity contribution in [3.8, 4) is 11.3 Å². The second-order valence-corrected chi connectivity index (χ2v) is 6.51. The van der Waals surface area contributed by atoms with Gasteiger partial charge in [0.1, 0.15) is 0 Å². The molecule has 6 heteroatoms. The van der Waals surface area contributed by atoms with Gasteiger partial charge in [-0.3, -0.25) is 4.98 Å². The maximum atomic E-state index is 12.5. The average Bonchev–Trinajstić information content (AvgIpc) is 2.91. The number of amides is 1. The third-order valence-electron chi connectivity index (χ3n) is 4.88. The number of hydrogen-bond donors (Lipinski definition) is 1. The second-order valence-electron chi connectivity index (χ2n) is 6.51. The molecule has 0 saturated carbocycles. The van der Waals surface area contributed by atoms with Crippen LogP contribution in [0.5, 0.6) is 0 Å². The number of carbonyl (C=O) groups excluding carboxylic acids is 1. The lowest BCUT2D eigenvalue weighted by molar-refractivity contribution is 0.216. The van der Waals surface area contributed by atoms with Gasteiger partial charge < -0.3 is 10.2 Å². The highest BCUT2D eigenvalue weighted by atomic mass is 16.2. The van der Waals surface area contributed by atoms with Crippen molar-refractivity contribution in [2.45, 2.75) is 25.3 Å². The lowest BCUT2D eigenvalue weighted by atomic mass is 9.94. The number of aromatic nitrogens is 3. The molecule has 120 valence electrons. The predicted octanol–water partition coefficient (Wildman–Crippen LogP) is 1.99. The first-order chi connectivity index (χ1) is 11.3. The zero-order chi connectivity index (χ0) is 15.6. The maximum Gasteiger partial charge on any atom is 0.342 e. The molecule has 3 fully saturated rings. The van der Waals surface area contributed by atoms with E-state index in [2.05, 4.69) is 20.3 Å². The minimum atomic E-state index is -0.153. The fourth-order valence-electron chi connectivity index (χ4n) is 3.64. The first kappa shape index (κ1) is 14.4. The van der Waals surface area contributed by atoms with Crippen LogP contribution < -0.4 is 5.32 Å². The molecule has 1 unspecified atom stereocenters. The van der Waals surface area contributed by atoms with Crippen LogP contribution in [0.25, 0.3) is 11.3 Å². The van der Waals surface area contributed by atoms with Gasteiger partial charge in [-0.05, 0) is 50.4 Å². The van der Waals surface area contributed by atoms with Crippen LogP contribution in [-0.4, -0.2) is 51.4 Å². The van der Waals surface area contributed by atoms with Gasteiger partial charge in [0.05, 0.1) is 11.9 Å². The highest BCUT2D eigenvalue weighted by Crippen LogP contribution is 2.26. The van der Waals surface area contributed by atoms with Crippen molar-refractivity contribution in [2.24, 2.45) is 5.92 Å². The normalized spacial score (nSPS) is 26.7. The zero-order valence-corrected chi connectivity index (χ0v) is 13.1. The molecule has 0 spiro atoms. The van der Waals surface area contributed by atoms with Gasteiger partial charge in [0.25, 0.3) is 0 Å². The van der Waals surface area contributed by atoms with Crippen molar-refractivity contribution < 1.29 is 4.79 Å². The zero-order valence-electron chi connectivity index (χ0n) is 13.1. The first-order valence-electron chi connectivity index (χ1n) is 8.27. The minimum absolute atomic E-state index is 0.153. The molecule has 2 bridgehead atoms. The largest absolute Gasteiger partial charge is 0.342 e. The van der Waals surface area contributed by atoms with Crippen molar-refractivity contribution in [1.29, 1.82) is 0 Å². The SMILES string of the molecule is O=C(NC1CC2CCN(CC2)C1)n1cc(-c2ccccn2)cn1. The monoisotopic (exact) mass is 311 g/mol. The first-order valence-corrected chi connectivity index (χ1v) is 8.27. The average molecular weight is 311 g/mol. The number of carbonyl (C=O) groups is 1. The number of pyridine rings is 1. The van der Waals surface area contributed by atoms with Gasteiger partial charge in [0.2, 0.25) is 0 Å². The summed E-state index contributed by atoms with van der Waals surface area (Å²) in [5.41, 5.74) is 1.68. The van der Waals surface area contributed by atoms with Gasteiger partial charge in [-0.25, -0.2) is 4.79 Å². The Morgan fingerprint density at radius 3 is 2.91 bits per heavy atom. The van der Waals surface area contributed by atoms with Gasteiger partial charge in [0.15, 0.2) is 0 Å². The Balaban J connectivity index is 1.44. The second kappa shape index (κ2) is 6.12. The number of fused-ring (bicyclic) bond motifs is 4. The van der Waals surface area contributed by atoms with Crippen molar-refractivity contribution in [3.63, 3.8) is 0 Å². The van der Waals surface area contributed by atoms with Crippen LogP contribution in [0.2, 0.25) is 0 Å². The van der Waals surface area contributed by atoms with Gasteiger partial charge in [-0.2, -0.15) is 9.78 Å². The molecule has 6 nitrogen and oxygen atoms in total. The van der Waals surface area contributed by atoms with Gasteiger partial charge in [0, 0.05) is 30.5 Å². The standard InChI is InChI=1S/C17H21N5O/c23-17(20-15-9-13-4-7-21(12-15)8-5-13)22-11-14(10-19-22)16-3-1-2-6-18-16/h1-3,6,10-11,13,15H,4-5,7-9,12H2,(H,20,23). The molecule has 2 aromatic rings. The Bertz CT molecular complexity index is 661. The molecule has 0 aromatic carbocycles. The Morgan fingerprint density at radius 1 is 1.26 bits per heavy atom. The summed E-state index contributed by atoms with van der Waals surface area (Å²) in [6.07, 6.45) is 8.76. The van der Waals surface area contributed by atoms with Crippen LogP contribution in [0.1, 0.15) is 19.3 Å².